The number of aromatic nitrogens is 1. The summed E-state index contributed by atoms with van der Waals surface area (Å²) < 4.78 is 16.6. The van der Waals surface area contributed by atoms with Crippen molar-refractivity contribution in [2.45, 2.75) is 51.7 Å². The van der Waals surface area contributed by atoms with Crippen LogP contribution in [0.5, 0.6) is 5.75 Å². The average molecular weight is 492 g/mol. The van der Waals surface area contributed by atoms with Gasteiger partial charge in [-0.1, -0.05) is 37.3 Å². The number of carbonyl (C=O) groups is 2. The van der Waals surface area contributed by atoms with Crippen LogP contribution >= 0.6 is 0 Å². The van der Waals surface area contributed by atoms with Crippen LogP contribution < -0.4 is 15.4 Å². The van der Waals surface area contributed by atoms with Crippen molar-refractivity contribution in [3.05, 3.63) is 54.7 Å². The zero-order valence-electron chi connectivity index (χ0n) is 21.4. The Morgan fingerprint density at radius 3 is 2.64 bits per heavy atom. The fourth-order valence-electron chi connectivity index (χ4n) is 5.10. The van der Waals surface area contributed by atoms with Gasteiger partial charge in [0.25, 0.3) is 0 Å². The van der Waals surface area contributed by atoms with Crippen LogP contribution in [0.2, 0.25) is 0 Å². The highest BCUT2D eigenvalue weighted by atomic mass is 16.6. The second-order valence-electron chi connectivity index (χ2n) is 10.3. The minimum absolute atomic E-state index is 0.304. The summed E-state index contributed by atoms with van der Waals surface area (Å²) in [5.74, 6) is 1.46. The van der Waals surface area contributed by atoms with Crippen LogP contribution in [-0.2, 0) is 9.47 Å². The molecule has 2 atom stereocenters. The molecule has 2 heterocycles. The molecule has 1 unspecified atom stereocenters. The Hall–Kier alpha value is -3.81. The van der Waals surface area contributed by atoms with E-state index in [0.29, 0.717) is 18.3 Å². The number of pyridine rings is 1. The van der Waals surface area contributed by atoms with Gasteiger partial charge in [0.1, 0.15) is 23.8 Å². The summed E-state index contributed by atoms with van der Waals surface area (Å²) in [6.45, 7) is 8.34. The molecular weight excluding hydrogens is 458 g/mol. The molecule has 2 amide bonds. The number of amides is 2. The molecular formula is C28H33N3O5. The Bertz CT molecular complexity index is 1280. The van der Waals surface area contributed by atoms with E-state index in [1.165, 1.54) is 7.11 Å². The molecule has 1 saturated heterocycles. The first-order valence-electron chi connectivity index (χ1n) is 12.0. The van der Waals surface area contributed by atoms with Crippen LogP contribution in [0.4, 0.5) is 15.4 Å². The lowest BCUT2D eigenvalue weighted by atomic mass is 9.83. The summed E-state index contributed by atoms with van der Waals surface area (Å²) in [7, 11) is 1.31. The lowest BCUT2D eigenvalue weighted by molar-refractivity contribution is -0.00384. The van der Waals surface area contributed by atoms with Crippen LogP contribution in [-0.4, -0.2) is 42.0 Å². The van der Waals surface area contributed by atoms with Gasteiger partial charge in [0.2, 0.25) is 0 Å². The highest BCUT2D eigenvalue weighted by Gasteiger charge is 2.37. The van der Waals surface area contributed by atoms with Gasteiger partial charge in [-0.15, -0.1) is 0 Å². The van der Waals surface area contributed by atoms with Gasteiger partial charge in [-0.3, -0.25) is 5.32 Å². The molecule has 190 valence electrons. The summed E-state index contributed by atoms with van der Waals surface area (Å²) in [5, 5.41) is 7.57. The zero-order valence-corrected chi connectivity index (χ0v) is 21.4. The third kappa shape index (κ3) is 5.87. The SMILES string of the molecule is COC(=O)Nc1cc(-c2ccc(OC[C@]3(C)CC(C)CC(C)(C)OC(=O)N3)c3ccccc23)ccn1. The second kappa shape index (κ2) is 10.0. The number of carbonyl (C=O) groups excluding carboxylic acids is 2. The highest BCUT2D eigenvalue weighted by molar-refractivity contribution is 6.00. The zero-order chi connectivity index (χ0) is 25.9. The normalized spacial score (nSPS) is 21.5. The van der Waals surface area contributed by atoms with Gasteiger partial charge in [-0.2, -0.15) is 0 Å². The van der Waals surface area contributed by atoms with Crippen LogP contribution in [0.3, 0.4) is 0 Å². The highest BCUT2D eigenvalue weighted by Crippen LogP contribution is 2.36. The maximum absolute atomic E-state index is 12.5. The van der Waals surface area contributed by atoms with Crippen molar-refractivity contribution in [1.29, 1.82) is 0 Å². The first kappa shape index (κ1) is 25.3. The molecule has 1 aliphatic rings. The van der Waals surface area contributed by atoms with E-state index in [-0.39, 0.29) is 0 Å². The van der Waals surface area contributed by atoms with E-state index in [9.17, 15) is 9.59 Å². The smallest absolute Gasteiger partial charge is 0.412 e. The standard InChI is InChI=1S/C28H33N3O5/c1-18-15-27(2,3)36-26(33)31-28(4,16-18)17-35-23-11-10-20(21-8-6-7-9-22(21)23)19-12-13-29-24(14-19)30-25(32)34-5/h6-14,18H,15-17H2,1-5H3,(H,31,33)(H,29,30,32)/t18?,28-/m0/s1. The van der Waals surface area contributed by atoms with Crippen molar-refractivity contribution in [1.82, 2.24) is 10.3 Å². The van der Waals surface area contributed by atoms with Crippen molar-refractivity contribution in [3.8, 4) is 16.9 Å². The van der Waals surface area contributed by atoms with Crippen LogP contribution in [0.1, 0.15) is 40.5 Å². The summed E-state index contributed by atoms with van der Waals surface area (Å²) in [6, 6.07) is 15.6. The van der Waals surface area contributed by atoms with E-state index in [1.807, 2.05) is 63.2 Å². The quantitative estimate of drug-likeness (QED) is 0.444. The number of nitrogens with one attached hydrogen (secondary N) is 2. The van der Waals surface area contributed by atoms with Crippen molar-refractivity contribution in [3.63, 3.8) is 0 Å². The third-order valence-corrected chi connectivity index (χ3v) is 6.33. The van der Waals surface area contributed by atoms with Crippen molar-refractivity contribution in [2.75, 3.05) is 19.0 Å². The van der Waals surface area contributed by atoms with Crippen molar-refractivity contribution < 1.29 is 23.8 Å². The Balaban J connectivity index is 1.60. The maximum atomic E-state index is 12.5. The third-order valence-electron chi connectivity index (χ3n) is 6.33. The van der Waals surface area contributed by atoms with E-state index in [4.69, 9.17) is 9.47 Å². The molecule has 1 aromatic heterocycles. The molecule has 2 aromatic carbocycles. The van der Waals surface area contributed by atoms with Crippen LogP contribution in [0.25, 0.3) is 21.9 Å². The van der Waals surface area contributed by atoms with Gasteiger partial charge < -0.3 is 19.5 Å². The van der Waals surface area contributed by atoms with Gasteiger partial charge in [-0.05, 0) is 74.2 Å². The number of alkyl carbamates (subject to hydrolysis) is 1. The Kier molecular flexibility index (Phi) is 7.06. The summed E-state index contributed by atoms with van der Waals surface area (Å²) in [5.41, 5.74) is 0.790. The van der Waals surface area contributed by atoms with Gasteiger partial charge in [-0.25, -0.2) is 14.6 Å². The molecule has 0 aliphatic carbocycles. The maximum Gasteiger partial charge on any atom is 0.412 e. The lowest BCUT2D eigenvalue weighted by Gasteiger charge is -2.39. The summed E-state index contributed by atoms with van der Waals surface area (Å²) in [4.78, 5) is 28.3. The van der Waals surface area contributed by atoms with E-state index in [0.717, 1.165) is 40.5 Å². The molecule has 3 aromatic rings. The molecule has 8 nitrogen and oxygen atoms in total. The Morgan fingerprint density at radius 2 is 1.89 bits per heavy atom. The molecule has 2 N–H and O–H groups in total. The molecule has 1 fully saturated rings. The number of benzene rings is 2. The topological polar surface area (TPSA) is 98.8 Å². The predicted octanol–water partition coefficient (Wildman–Crippen LogP) is 6.15. The fraction of sp³-hybridized carbons (Fsp3) is 0.393. The number of rotatable bonds is 5. The van der Waals surface area contributed by atoms with E-state index in [1.54, 1.807) is 12.3 Å². The largest absolute Gasteiger partial charge is 0.491 e. The first-order chi connectivity index (χ1) is 17.1. The molecule has 0 spiro atoms. The molecule has 36 heavy (non-hydrogen) atoms. The van der Waals surface area contributed by atoms with Gasteiger partial charge in [0, 0.05) is 11.6 Å². The number of anilines is 1. The Morgan fingerprint density at radius 1 is 1.14 bits per heavy atom. The van der Waals surface area contributed by atoms with Gasteiger partial charge >= 0.3 is 12.2 Å². The fourth-order valence-corrected chi connectivity index (χ4v) is 5.10. The first-order valence-corrected chi connectivity index (χ1v) is 12.0. The molecule has 1 aliphatic heterocycles. The van der Waals surface area contributed by atoms with E-state index >= 15 is 0 Å². The number of methoxy groups -OCH3 is 1. The molecule has 0 radical (unpaired) electrons. The minimum Gasteiger partial charge on any atom is -0.491 e. The molecule has 0 bridgehead atoms. The van der Waals surface area contributed by atoms with Gasteiger partial charge in [0.15, 0.2) is 0 Å². The summed E-state index contributed by atoms with van der Waals surface area (Å²) in [6.07, 6.45) is 2.20. The molecule has 0 saturated carbocycles. The van der Waals surface area contributed by atoms with Gasteiger partial charge in [0.05, 0.1) is 12.6 Å². The second-order valence-corrected chi connectivity index (χ2v) is 10.3. The minimum atomic E-state index is -0.577. The number of fused-ring (bicyclic) bond motifs is 1. The predicted molar refractivity (Wildman–Crippen MR) is 139 cm³/mol. The molecule has 8 heteroatoms. The monoisotopic (exact) mass is 491 g/mol. The Labute approximate surface area is 211 Å². The van der Waals surface area contributed by atoms with Crippen molar-refractivity contribution in [2.24, 2.45) is 5.92 Å². The average Bonchev–Trinajstić information content (AvgIpc) is 2.80. The van der Waals surface area contributed by atoms with Crippen LogP contribution in [0, 0.1) is 5.92 Å². The summed E-state index contributed by atoms with van der Waals surface area (Å²) >= 11 is 0. The number of cyclic esters (lactones) is 1. The number of ether oxygens (including phenoxy) is 3. The number of nitrogens with zero attached hydrogens (tertiary/aromatic N) is 1. The number of hydrogen-bond acceptors (Lipinski definition) is 6. The number of hydrogen-bond donors (Lipinski definition) is 2. The molecule has 4 rings (SSSR count). The lowest BCUT2D eigenvalue weighted by Crippen LogP contribution is -2.55. The van der Waals surface area contributed by atoms with E-state index < -0.39 is 23.3 Å². The van der Waals surface area contributed by atoms with Crippen LogP contribution in [0.15, 0.2) is 54.7 Å². The van der Waals surface area contributed by atoms with Crippen molar-refractivity contribution >= 4 is 28.8 Å². The van der Waals surface area contributed by atoms with E-state index in [2.05, 4.69) is 27.3 Å².